The summed E-state index contributed by atoms with van der Waals surface area (Å²) in [5, 5.41) is 3.97. The van der Waals surface area contributed by atoms with Gasteiger partial charge in [0.2, 0.25) is 0 Å². The van der Waals surface area contributed by atoms with Crippen LogP contribution in [0.25, 0.3) is 0 Å². The lowest BCUT2D eigenvalue weighted by molar-refractivity contribution is 0.249. The summed E-state index contributed by atoms with van der Waals surface area (Å²) >= 11 is 0. The molecule has 1 aliphatic rings. The van der Waals surface area contributed by atoms with E-state index in [1.807, 2.05) is 6.07 Å². The normalized spacial score (nSPS) is 21.4. The SMILES string of the molecule is CN1CCC(c2ccon2)CC1. The van der Waals surface area contributed by atoms with Crippen LogP contribution in [0, 0.1) is 0 Å². The van der Waals surface area contributed by atoms with E-state index in [1.165, 1.54) is 25.9 Å². The zero-order valence-electron chi connectivity index (χ0n) is 7.36. The highest BCUT2D eigenvalue weighted by Gasteiger charge is 2.19. The first-order valence-corrected chi connectivity index (χ1v) is 4.45. The molecule has 0 bridgehead atoms. The van der Waals surface area contributed by atoms with Gasteiger partial charge in [0.25, 0.3) is 0 Å². The highest BCUT2D eigenvalue weighted by molar-refractivity contribution is 5.05. The number of piperidine rings is 1. The Morgan fingerprint density at radius 3 is 2.83 bits per heavy atom. The van der Waals surface area contributed by atoms with E-state index in [9.17, 15) is 0 Å². The average Bonchev–Trinajstić information content (AvgIpc) is 2.58. The van der Waals surface area contributed by atoms with Crippen LogP contribution in [0.3, 0.4) is 0 Å². The lowest BCUT2D eigenvalue weighted by Gasteiger charge is -2.27. The number of hydrogen-bond donors (Lipinski definition) is 0. The summed E-state index contributed by atoms with van der Waals surface area (Å²) in [7, 11) is 2.17. The largest absolute Gasteiger partial charge is 0.365 e. The van der Waals surface area contributed by atoms with E-state index in [0.29, 0.717) is 5.92 Å². The summed E-state index contributed by atoms with van der Waals surface area (Å²) in [5.41, 5.74) is 1.13. The molecule has 0 spiro atoms. The predicted molar refractivity (Wildman–Crippen MR) is 46.0 cm³/mol. The molecule has 0 amide bonds. The van der Waals surface area contributed by atoms with E-state index in [0.717, 1.165) is 5.69 Å². The second-order valence-corrected chi connectivity index (χ2v) is 3.50. The van der Waals surface area contributed by atoms with E-state index < -0.39 is 0 Å². The van der Waals surface area contributed by atoms with Crippen molar-refractivity contribution < 1.29 is 4.52 Å². The summed E-state index contributed by atoms with van der Waals surface area (Å²) < 4.78 is 4.83. The Morgan fingerprint density at radius 1 is 1.50 bits per heavy atom. The van der Waals surface area contributed by atoms with E-state index in [1.54, 1.807) is 6.26 Å². The molecule has 3 heteroatoms. The number of hydrogen-bond acceptors (Lipinski definition) is 3. The van der Waals surface area contributed by atoms with Gasteiger partial charge >= 0.3 is 0 Å². The smallest absolute Gasteiger partial charge is 0.124 e. The van der Waals surface area contributed by atoms with Gasteiger partial charge in [-0.05, 0) is 33.0 Å². The van der Waals surface area contributed by atoms with Gasteiger partial charge in [-0.2, -0.15) is 0 Å². The maximum atomic E-state index is 4.83. The Balaban J connectivity index is 1.99. The summed E-state index contributed by atoms with van der Waals surface area (Å²) in [6, 6.07) is 1.98. The lowest BCUT2D eigenvalue weighted by atomic mass is 9.94. The van der Waals surface area contributed by atoms with Crippen molar-refractivity contribution in [1.29, 1.82) is 0 Å². The fourth-order valence-electron chi connectivity index (χ4n) is 1.74. The van der Waals surface area contributed by atoms with E-state index in [4.69, 9.17) is 4.52 Å². The molecule has 0 atom stereocenters. The van der Waals surface area contributed by atoms with Crippen molar-refractivity contribution in [2.45, 2.75) is 18.8 Å². The van der Waals surface area contributed by atoms with Crippen molar-refractivity contribution >= 4 is 0 Å². The third kappa shape index (κ3) is 1.50. The van der Waals surface area contributed by atoms with Crippen LogP contribution in [0.5, 0.6) is 0 Å². The minimum Gasteiger partial charge on any atom is -0.365 e. The summed E-state index contributed by atoms with van der Waals surface area (Å²) in [4.78, 5) is 2.36. The van der Waals surface area contributed by atoms with Gasteiger partial charge in [-0.25, -0.2) is 0 Å². The molecule has 1 saturated heterocycles. The van der Waals surface area contributed by atoms with Crippen molar-refractivity contribution in [2.75, 3.05) is 20.1 Å². The third-order valence-electron chi connectivity index (χ3n) is 2.59. The highest BCUT2D eigenvalue weighted by atomic mass is 16.5. The molecule has 1 aromatic heterocycles. The van der Waals surface area contributed by atoms with Crippen molar-refractivity contribution in [1.82, 2.24) is 10.1 Å². The fraction of sp³-hybridized carbons (Fsp3) is 0.667. The van der Waals surface area contributed by atoms with Crippen molar-refractivity contribution in [3.05, 3.63) is 18.0 Å². The molecular weight excluding hydrogens is 152 g/mol. The minimum absolute atomic E-state index is 0.625. The van der Waals surface area contributed by atoms with Gasteiger partial charge in [-0.15, -0.1) is 0 Å². The van der Waals surface area contributed by atoms with Crippen LogP contribution in [0.2, 0.25) is 0 Å². The molecule has 3 nitrogen and oxygen atoms in total. The monoisotopic (exact) mass is 166 g/mol. The summed E-state index contributed by atoms with van der Waals surface area (Å²) in [6.45, 7) is 2.36. The van der Waals surface area contributed by atoms with Gasteiger partial charge in [0.1, 0.15) is 6.26 Å². The molecule has 12 heavy (non-hydrogen) atoms. The molecule has 2 heterocycles. The lowest BCUT2D eigenvalue weighted by Crippen LogP contribution is -2.29. The maximum absolute atomic E-state index is 4.83. The van der Waals surface area contributed by atoms with Gasteiger partial charge in [0.05, 0.1) is 5.69 Å². The van der Waals surface area contributed by atoms with Crippen LogP contribution in [0.1, 0.15) is 24.5 Å². The molecule has 2 rings (SSSR count). The van der Waals surface area contributed by atoms with Crippen LogP contribution in [0.15, 0.2) is 16.9 Å². The zero-order valence-corrected chi connectivity index (χ0v) is 7.36. The highest BCUT2D eigenvalue weighted by Crippen LogP contribution is 2.25. The molecule has 0 aliphatic carbocycles. The average molecular weight is 166 g/mol. The van der Waals surface area contributed by atoms with Crippen molar-refractivity contribution in [3.63, 3.8) is 0 Å². The second kappa shape index (κ2) is 3.27. The topological polar surface area (TPSA) is 29.3 Å². The Morgan fingerprint density at radius 2 is 2.25 bits per heavy atom. The number of nitrogens with zero attached hydrogens (tertiary/aromatic N) is 2. The Labute approximate surface area is 72.3 Å². The maximum Gasteiger partial charge on any atom is 0.124 e. The first-order valence-electron chi connectivity index (χ1n) is 4.45. The Kier molecular flexibility index (Phi) is 2.13. The molecule has 0 radical (unpaired) electrons. The van der Waals surface area contributed by atoms with Gasteiger partial charge < -0.3 is 9.42 Å². The quantitative estimate of drug-likeness (QED) is 0.633. The minimum atomic E-state index is 0.625. The molecule has 1 aromatic rings. The zero-order chi connectivity index (χ0) is 8.39. The second-order valence-electron chi connectivity index (χ2n) is 3.50. The number of rotatable bonds is 1. The molecule has 0 saturated carbocycles. The Hall–Kier alpha value is -0.830. The first-order chi connectivity index (χ1) is 5.86. The molecule has 0 unspecified atom stereocenters. The standard InChI is InChI=1S/C9H14N2O/c1-11-5-2-8(3-6-11)9-4-7-12-10-9/h4,7-8H,2-3,5-6H2,1H3. The van der Waals surface area contributed by atoms with Gasteiger partial charge in [-0.1, -0.05) is 5.16 Å². The molecule has 1 aliphatic heterocycles. The fourth-order valence-corrected chi connectivity index (χ4v) is 1.74. The first kappa shape index (κ1) is 7.80. The van der Waals surface area contributed by atoms with Crippen molar-refractivity contribution in [3.8, 4) is 0 Å². The summed E-state index contributed by atoms with van der Waals surface area (Å²) in [6.07, 6.45) is 4.08. The number of likely N-dealkylation sites (tertiary alicyclic amines) is 1. The molecule has 66 valence electrons. The third-order valence-corrected chi connectivity index (χ3v) is 2.59. The van der Waals surface area contributed by atoms with Gasteiger partial charge in [0.15, 0.2) is 0 Å². The van der Waals surface area contributed by atoms with Crippen molar-refractivity contribution in [2.24, 2.45) is 0 Å². The van der Waals surface area contributed by atoms with Gasteiger partial charge in [-0.3, -0.25) is 0 Å². The predicted octanol–water partition coefficient (Wildman–Crippen LogP) is 1.48. The molecular formula is C9H14N2O. The molecule has 0 aromatic carbocycles. The number of aromatic nitrogens is 1. The molecule has 1 fully saturated rings. The van der Waals surface area contributed by atoms with E-state index >= 15 is 0 Å². The van der Waals surface area contributed by atoms with Crippen LogP contribution >= 0.6 is 0 Å². The van der Waals surface area contributed by atoms with Crippen LogP contribution < -0.4 is 0 Å². The van der Waals surface area contributed by atoms with E-state index in [2.05, 4.69) is 17.1 Å². The van der Waals surface area contributed by atoms with Crippen LogP contribution in [0.4, 0.5) is 0 Å². The Bertz CT molecular complexity index is 225. The summed E-state index contributed by atoms with van der Waals surface area (Å²) in [5.74, 6) is 0.625. The van der Waals surface area contributed by atoms with Crippen LogP contribution in [-0.4, -0.2) is 30.2 Å². The molecule has 0 N–H and O–H groups in total. The van der Waals surface area contributed by atoms with E-state index in [-0.39, 0.29) is 0 Å². The van der Waals surface area contributed by atoms with Crippen LogP contribution in [-0.2, 0) is 0 Å². The van der Waals surface area contributed by atoms with Gasteiger partial charge in [0, 0.05) is 12.0 Å².